The molecule has 1 heterocycles. The van der Waals surface area contributed by atoms with Crippen molar-refractivity contribution in [3.05, 3.63) is 29.3 Å². The summed E-state index contributed by atoms with van der Waals surface area (Å²) < 4.78 is 0. The van der Waals surface area contributed by atoms with Crippen LogP contribution < -0.4 is 0 Å². The largest absolute Gasteiger partial charge is 0.508 e. The van der Waals surface area contributed by atoms with Gasteiger partial charge in [0.25, 0.3) is 0 Å². The first-order valence-electron chi connectivity index (χ1n) is 11.4. The number of phenolic OH excluding ortho intramolecular Hbond substituents is 1. The second-order valence-corrected chi connectivity index (χ2v) is 11.6. The van der Waals surface area contributed by atoms with Gasteiger partial charge in [0.1, 0.15) is 11.5 Å². The number of fused-ring (bicyclic) bond motifs is 1. The summed E-state index contributed by atoms with van der Waals surface area (Å²) in [5, 5.41) is 22.6. The van der Waals surface area contributed by atoms with Gasteiger partial charge in [-0.3, -0.25) is 9.69 Å². The van der Waals surface area contributed by atoms with E-state index in [0.717, 1.165) is 43.8 Å². The second kappa shape index (κ2) is 6.31. The number of hydrogen-bond donors (Lipinski definition) is 2. The first-order chi connectivity index (χ1) is 13.6. The van der Waals surface area contributed by atoms with Crippen LogP contribution in [0.5, 0.6) is 5.75 Å². The van der Waals surface area contributed by atoms with Gasteiger partial charge in [0.05, 0.1) is 5.60 Å². The van der Waals surface area contributed by atoms with Gasteiger partial charge in [-0.25, -0.2) is 0 Å². The summed E-state index contributed by atoms with van der Waals surface area (Å²) in [6.45, 7) is 8.57. The van der Waals surface area contributed by atoms with Gasteiger partial charge in [0.2, 0.25) is 0 Å². The van der Waals surface area contributed by atoms with Crippen molar-refractivity contribution in [2.75, 3.05) is 13.1 Å². The number of nitrogens with zero attached hydrogens (tertiary/aromatic N) is 1. The van der Waals surface area contributed by atoms with Crippen LogP contribution >= 0.6 is 0 Å². The lowest BCUT2D eigenvalue weighted by atomic mass is 9.47. The van der Waals surface area contributed by atoms with Crippen molar-refractivity contribution in [3.8, 4) is 5.75 Å². The lowest BCUT2D eigenvalue weighted by molar-refractivity contribution is -0.183. The maximum Gasteiger partial charge on any atom is 0.137 e. The zero-order chi connectivity index (χ0) is 20.6. The third-order valence-corrected chi connectivity index (χ3v) is 8.21. The standard InChI is InChI=1S/C25H35NO3/c1-23(2,3)12-18-13-25(29)22-10-17-6-7-19(27)11-20(17)24(25,14-21(18)28)8-9-26(22)15-16-4-5-16/h6-7,11,16,18,22,27,29H,4-5,8-10,12-15H2,1-3H3/t18-,22+,24?,25+/m0/s1. The van der Waals surface area contributed by atoms with Crippen molar-refractivity contribution >= 4 is 5.78 Å². The Morgan fingerprint density at radius 3 is 2.69 bits per heavy atom. The fourth-order valence-electron chi connectivity index (χ4n) is 6.76. The molecule has 2 bridgehead atoms. The number of aliphatic hydroxyl groups is 1. The van der Waals surface area contributed by atoms with Crippen molar-refractivity contribution in [1.82, 2.24) is 4.90 Å². The first kappa shape index (κ1) is 19.6. The monoisotopic (exact) mass is 397 g/mol. The van der Waals surface area contributed by atoms with Gasteiger partial charge in [-0.1, -0.05) is 26.8 Å². The van der Waals surface area contributed by atoms with Crippen LogP contribution in [-0.2, 0) is 16.6 Å². The van der Waals surface area contributed by atoms with Crippen molar-refractivity contribution in [1.29, 1.82) is 0 Å². The predicted molar refractivity (Wildman–Crippen MR) is 113 cm³/mol. The minimum Gasteiger partial charge on any atom is -0.508 e. The highest BCUT2D eigenvalue weighted by Gasteiger charge is 2.66. The molecule has 5 rings (SSSR count). The van der Waals surface area contributed by atoms with Crippen LogP contribution in [0.25, 0.3) is 0 Å². The fourth-order valence-corrected chi connectivity index (χ4v) is 6.76. The summed E-state index contributed by atoms with van der Waals surface area (Å²) in [6, 6.07) is 5.69. The maximum atomic E-state index is 13.3. The molecule has 1 aromatic rings. The van der Waals surface area contributed by atoms with Gasteiger partial charge < -0.3 is 10.2 Å². The smallest absolute Gasteiger partial charge is 0.137 e. The average molecular weight is 398 g/mol. The third kappa shape index (κ3) is 3.06. The zero-order valence-electron chi connectivity index (χ0n) is 18.1. The number of carbonyl (C=O) groups is 1. The molecule has 3 aliphatic carbocycles. The zero-order valence-corrected chi connectivity index (χ0v) is 18.1. The Balaban J connectivity index is 1.60. The predicted octanol–water partition coefficient (Wildman–Crippen LogP) is 3.82. The Morgan fingerprint density at radius 1 is 1.24 bits per heavy atom. The molecule has 0 radical (unpaired) electrons. The molecular formula is C25H35NO3. The van der Waals surface area contributed by atoms with E-state index in [1.807, 2.05) is 12.1 Å². The minimum absolute atomic E-state index is 0.0643. The minimum atomic E-state index is -0.898. The molecule has 1 aromatic carbocycles. The van der Waals surface area contributed by atoms with Crippen LogP contribution in [0.2, 0.25) is 0 Å². The van der Waals surface area contributed by atoms with E-state index in [1.54, 1.807) is 6.07 Å². The number of carbonyl (C=O) groups excluding carboxylic acids is 1. The number of Topliss-reactive ketones (excluding diaryl/α,β-unsaturated/α-hetero) is 1. The van der Waals surface area contributed by atoms with Gasteiger partial charge in [0.15, 0.2) is 0 Å². The van der Waals surface area contributed by atoms with Gasteiger partial charge in [-0.05, 0) is 79.7 Å². The van der Waals surface area contributed by atoms with Crippen LogP contribution in [0.4, 0.5) is 0 Å². The fraction of sp³-hybridized carbons (Fsp3) is 0.720. The first-order valence-corrected chi connectivity index (χ1v) is 11.4. The van der Waals surface area contributed by atoms with E-state index in [1.165, 1.54) is 18.4 Å². The Hall–Kier alpha value is -1.39. The molecule has 0 spiro atoms. The van der Waals surface area contributed by atoms with Crippen LogP contribution in [0.3, 0.4) is 0 Å². The van der Waals surface area contributed by atoms with E-state index in [2.05, 4.69) is 25.7 Å². The molecule has 2 N–H and O–H groups in total. The molecule has 0 amide bonds. The number of likely N-dealkylation sites (tertiary alicyclic amines) is 1. The maximum absolute atomic E-state index is 13.3. The molecule has 1 unspecified atom stereocenters. The quantitative estimate of drug-likeness (QED) is 0.814. The number of phenols is 1. The van der Waals surface area contributed by atoms with E-state index < -0.39 is 11.0 Å². The summed E-state index contributed by atoms with van der Waals surface area (Å²) >= 11 is 0. The molecular weight excluding hydrogens is 362 g/mol. The van der Waals surface area contributed by atoms with E-state index in [-0.39, 0.29) is 23.1 Å². The molecule has 4 heteroatoms. The molecule has 158 valence electrons. The molecule has 1 saturated heterocycles. The summed E-state index contributed by atoms with van der Waals surface area (Å²) in [5.41, 5.74) is 0.861. The highest BCUT2D eigenvalue weighted by molar-refractivity contribution is 5.85. The number of aromatic hydroxyl groups is 1. The van der Waals surface area contributed by atoms with Crippen LogP contribution in [0, 0.1) is 17.3 Å². The van der Waals surface area contributed by atoms with E-state index in [4.69, 9.17) is 0 Å². The number of hydrogen-bond acceptors (Lipinski definition) is 4. The van der Waals surface area contributed by atoms with Gasteiger partial charge >= 0.3 is 0 Å². The van der Waals surface area contributed by atoms with Crippen molar-refractivity contribution in [2.24, 2.45) is 17.3 Å². The van der Waals surface area contributed by atoms with Gasteiger partial charge in [-0.2, -0.15) is 0 Å². The summed E-state index contributed by atoms with van der Waals surface area (Å²) in [4.78, 5) is 15.9. The summed E-state index contributed by atoms with van der Waals surface area (Å²) in [5.74, 6) is 1.25. The SMILES string of the molecule is CC(C)(C)C[C@H]1C[C@@]2(O)[C@H]3Cc4ccc(O)cc4C2(CCN3CC2CC2)CC1=O. The van der Waals surface area contributed by atoms with Crippen LogP contribution in [-0.4, -0.2) is 45.6 Å². The second-order valence-electron chi connectivity index (χ2n) is 11.6. The normalized spacial score (nSPS) is 37.2. The van der Waals surface area contributed by atoms with Crippen LogP contribution in [0.1, 0.15) is 70.4 Å². The molecule has 29 heavy (non-hydrogen) atoms. The molecule has 2 saturated carbocycles. The lowest BCUT2D eigenvalue weighted by Gasteiger charge is -2.64. The molecule has 0 aromatic heterocycles. The molecule has 1 aliphatic heterocycles. The Kier molecular flexibility index (Phi) is 4.25. The topological polar surface area (TPSA) is 60.8 Å². The Labute approximate surface area is 174 Å². The van der Waals surface area contributed by atoms with Gasteiger partial charge in [-0.15, -0.1) is 0 Å². The van der Waals surface area contributed by atoms with Crippen molar-refractivity contribution < 1.29 is 15.0 Å². The third-order valence-electron chi connectivity index (χ3n) is 8.21. The molecule has 3 fully saturated rings. The van der Waals surface area contributed by atoms with Gasteiger partial charge in [0, 0.05) is 30.3 Å². The highest BCUT2D eigenvalue weighted by Crippen LogP contribution is 2.59. The number of piperidine rings is 1. The lowest BCUT2D eigenvalue weighted by Crippen LogP contribution is -2.74. The number of ketones is 1. The molecule has 4 aliphatic rings. The van der Waals surface area contributed by atoms with E-state index >= 15 is 0 Å². The van der Waals surface area contributed by atoms with E-state index in [9.17, 15) is 15.0 Å². The number of benzene rings is 1. The van der Waals surface area contributed by atoms with E-state index in [0.29, 0.717) is 18.6 Å². The highest BCUT2D eigenvalue weighted by atomic mass is 16.3. The van der Waals surface area contributed by atoms with Crippen molar-refractivity contribution in [3.63, 3.8) is 0 Å². The Bertz CT molecular complexity index is 839. The van der Waals surface area contributed by atoms with Crippen LogP contribution in [0.15, 0.2) is 18.2 Å². The number of rotatable bonds is 3. The summed E-state index contributed by atoms with van der Waals surface area (Å²) in [6.07, 6.45) is 6.03. The average Bonchev–Trinajstić information content (AvgIpc) is 3.42. The Morgan fingerprint density at radius 2 is 2.00 bits per heavy atom. The van der Waals surface area contributed by atoms with Crippen molar-refractivity contribution in [2.45, 2.75) is 82.8 Å². The summed E-state index contributed by atoms with van der Waals surface area (Å²) in [7, 11) is 0. The molecule has 4 nitrogen and oxygen atoms in total. The molecule has 4 atom stereocenters.